The topological polar surface area (TPSA) is 63.4 Å². The average molecular weight is 257 g/mol. The minimum absolute atomic E-state index is 0.447. The number of likely N-dealkylation sites (N-methyl/N-ethyl adjacent to an activating group) is 1. The summed E-state index contributed by atoms with van der Waals surface area (Å²) in [4.78, 5) is 6.56. The van der Waals surface area contributed by atoms with Crippen LogP contribution in [0.5, 0.6) is 0 Å². The second-order valence-corrected chi connectivity index (χ2v) is 4.61. The van der Waals surface area contributed by atoms with Crippen molar-refractivity contribution >= 4 is 17.4 Å². The fourth-order valence-corrected chi connectivity index (χ4v) is 2.08. The Hall–Kier alpha value is -0.880. The summed E-state index contributed by atoms with van der Waals surface area (Å²) in [6.45, 7) is 2.31. The van der Waals surface area contributed by atoms with Crippen LogP contribution in [0.1, 0.15) is 12.1 Å². The molecule has 0 bridgehead atoms. The van der Waals surface area contributed by atoms with Crippen LogP contribution in [0, 0.1) is 0 Å². The summed E-state index contributed by atoms with van der Waals surface area (Å²) < 4.78 is 5.36. The van der Waals surface area contributed by atoms with Crippen molar-refractivity contribution in [3.63, 3.8) is 0 Å². The van der Waals surface area contributed by atoms with E-state index in [-0.39, 0.29) is 0 Å². The summed E-state index contributed by atoms with van der Waals surface area (Å²) in [5.41, 5.74) is 3.35. The SMILES string of the molecule is CN(Cc1nc(NN)ccc1Cl)C1CCOC1. The van der Waals surface area contributed by atoms with Gasteiger partial charge in [-0.2, -0.15) is 0 Å². The molecule has 0 aromatic carbocycles. The highest BCUT2D eigenvalue weighted by Gasteiger charge is 2.21. The van der Waals surface area contributed by atoms with Crippen LogP contribution < -0.4 is 11.3 Å². The molecule has 0 saturated carbocycles. The van der Waals surface area contributed by atoms with E-state index in [2.05, 4.69) is 22.4 Å². The molecule has 2 heterocycles. The molecule has 1 saturated heterocycles. The highest BCUT2D eigenvalue weighted by atomic mass is 35.5. The van der Waals surface area contributed by atoms with Gasteiger partial charge in [-0.05, 0) is 25.6 Å². The third-order valence-corrected chi connectivity index (χ3v) is 3.34. The Morgan fingerprint density at radius 3 is 3.12 bits per heavy atom. The molecule has 3 N–H and O–H groups in total. The van der Waals surface area contributed by atoms with E-state index in [1.54, 1.807) is 12.1 Å². The van der Waals surface area contributed by atoms with Gasteiger partial charge >= 0.3 is 0 Å². The minimum atomic E-state index is 0.447. The Labute approximate surface area is 106 Å². The molecule has 0 aliphatic carbocycles. The predicted molar refractivity (Wildman–Crippen MR) is 67.7 cm³/mol. The number of hydrazine groups is 1. The molecule has 1 aliphatic rings. The number of halogens is 1. The van der Waals surface area contributed by atoms with Crippen LogP contribution in [0.15, 0.2) is 12.1 Å². The Morgan fingerprint density at radius 2 is 2.47 bits per heavy atom. The van der Waals surface area contributed by atoms with E-state index >= 15 is 0 Å². The second-order valence-electron chi connectivity index (χ2n) is 4.20. The number of rotatable bonds is 4. The van der Waals surface area contributed by atoms with Gasteiger partial charge in [0.05, 0.1) is 17.3 Å². The first-order valence-corrected chi connectivity index (χ1v) is 5.98. The molecule has 6 heteroatoms. The van der Waals surface area contributed by atoms with Gasteiger partial charge in [0.25, 0.3) is 0 Å². The highest BCUT2D eigenvalue weighted by molar-refractivity contribution is 6.31. The van der Waals surface area contributed by atoms with Crippen LogP contribution in [-0.4, -0.2) is 36.2 Å². The Kier molecular flexibility index (Phi) is 4.17. The number of anilines is 1. The van der Waals surface area contributed by atoms with Gasteiger partial charge in [0.2, 0.25) is 0 Å². The molecular weight excluding hydrogens is 240 g/mol. The van der Waals surface area contributed by atoms with E-state index in [9.17, 15) is 0 Å². The number of nitrogen functional groups attached to an aromatic ring is 1. The smallest absolute Gasteiger partial charge is 0.140 e. The zero-order valence-electron chi connectivity index (χ0n) is 9.82. The first-order valence-electron chi connectivity index (χ1n) is 5.60. The van der Waals surface area contributed by atoms with Gasteiger partial charge in [-0.25, -0.2) is 10.8 Å². The summed E-state index contributed by atoms with van der Waals surface area (Å²) in [5.74, 6) is 5.96. The minimum Gasteiger partial charge on any atom is -0.380 e. The quantitative estimate of drug-likeness (QED) is 0.627. The summed E-state index contributed by atoms with van der Waals surface area (Å²) in [6.07, 6.45) is 1.06. The normalized spacial score (nSPS) is 19.9. The van der Waals surface area contributed by atoms with Crippen molar-refractivity contribution in [3.05, 3.63) is 22.8 Å². The van der Waals surface area contributed by atoms with E-state index in [4.69, 9.17) is 22.2 Å². The Balaban J connectivity index is 2.06. The highest BCUT2D eigenvalue weighted by Crippen LogP contribution is 2.20. The Bertz CT molecular complexity index is 382. The second kappa shape index (κ2) is 5.64. The maximum atomic E-state index is 6.11. The molecule has 1 aromatic heterocycles. The zero-order valence-corrected chi connectivity index (χ0v) is 10.6. The van der Waals surface area contributed by atoms with Crippen molar-refractivity contribution in [2.75, 3.05) is 25.7 Å². The number of pyridine rings is 1. The van der Waals surface area contributed by atoms with E-state index < -0.39 is 0 Å². The van der Waals surface area contributed by atoms with E-state index in [0.717, 1.165) is 25.3 Å². The molecule has 17 heavy (non-hydrogen) atoms. The first-order chi connectivity index (χ1) is 8.20. The number of nitrogens with one attached hydrogen (secondary N) is 1. The molecule has 94 valence electrons. The number of ether oxygens (including phenoxy) is 1. The molecule has 1 atom stereocenters. The standard InChI is InChI=1S/C11H17ClN4O/c1-16(8-4-5-17-7-8)6-10-9(12)2-3-11(14-10)15-13/h2-3,8H,4-7,13H2,1H3,(H,14,15). The summed E-state index contributed by atoms with van der Waals surface area (Å²) >= 11 is 6.11. The van der Waals surface area contributed by atoms with Crippen molar-refractivity contribution in [1.29, 1.82) is 0 Å². The van der Waals surface area contributed by atoms with Crippen LogP contribution in [-0.2, 0) is 11.3 Å². The van der Waals surface area contributed by atoms with Crippen molar-refractivity contribution in [2.24, 2.45) is 5.84 Å². The lowest BCUT2D eigenvalue weighted by molar-refractivity contribution is 0.156. The van der Waals surface area contributed by atoms with Crippen molar-refractivity contribution in [1.82, 2.24) is 9.88 Å². The molecular formula is C11H17ClN4O. The molecule has 0 radical (unpaired) electrons. The lowest BCUT2D eigenvalue weighted by atomic mass is 10.2. The predicted octanol–water partition coefficient (Wildman–Crippen LogP) is 1.24. The molecule has 1 aromatic rings. The lowest BCUT2D eigenvalue weighted by Gasteiger charge is -2.22. The average Bonchev–Trinajstić information content (AvgIpc) is 2.85. The molecule has 1 unspecified atom stereocenters. The van der Waals surface area contributed by atoms with Crippen molar-refractivity contribution in [2.45, 2.75) is 19.0 Å². The van der Waals surface area contributed by atoms with E-state index in [1.807, 2.05) is 0 Å². The number of hydrogen-bond acceptors (Lipinski definition) is 5. The molecule has 1 fully saturated rings. The van der Waals surface area contributed by atoms with Gasteiger partial charge in [-0.15, -0.1) is 0 Å². The number of aromatic nitrogens is 1. The molecule has 0 spiro atoms. The van der Waals surface area contributed by atoms with Crippen LogP contribution in [0.3, 0.4) is 0 Å². The fourth-order valence-electron chi connectivity index (χ4n) is 1.91. The van der Waals surface area contributed by atoms with Gasteiger partial charge < -0.3 is 10.2 Å². The van der Waals surface area contributed by atoms with Crippen LogP contribution in [0.25, 0.3) is 0 Å². The zero-order chi connectivity index (χ0) is 12.3. The maximum Gasteiger partial charge on any atom is 0.140 e. The molecule has 2 rings (SSSR count). The van der Waals surface area contributed by atoms with Gasteiger partial charge in [-0.1, -0.05) is 11.6 Å². The van der Waals surface area contributed by atoms with Gasteiger partial charge in [0.15, 0.2) is 0 Å². The van der Waals surface area contributed by atoms with E-state index in [1.165, 1.54) is 0 Å². The largest absolute Gasteiger partial charge is 0.380 e. The fraction of sp³-hybridized carbons (Fsp3) is 0.545. The number of hydrogen-bond donors (Lipinski definition) is 2. The lowest BCUT2D eigenvalue weighted by Crippen LogP contribution is -2.31. The first kappa shape index (κ1) is 12.6. The molecule has 5 nitrogen and oxygen atoms in total. The van der Waals surface area contributed by atoms with E-state index in [0.29, 0.717) is 23.4 Å². The maximum absolute atomic E-state index is 6.11. The van der Waals surface area contributed by atoms with Crippen molar-refractivity contribution in [3.8, 4) is 0 Å². The van der Waals surface area contributed by atoms with Gasteiger partial charge in [0.1, 0.15) is 5.82 Å². The van der Waals surface area contributed by atoms with Crippen LogP contribution in [0.4, 0.5) is 5.82 Å². The Morgan fingerprint density at radius 1 is 1.65 bits per heavy atom. The molecule has 0 amide bonds. The summed E-state index contributed by atoms with van der Waals surface area (Å²) in [5, 5.41) is 0.662. The third-order valence-electron chi connectivity index (χ3n) is 2.99. The van der Waals surface area contributed by atoms with Crippen molar-refractivity contribution < 1.29 is 4.74 Å². The van der Waals surface area contributed by atoms with Crippen LogP contribution in [0.2, 0.25) is 5.02 Å². The summed E-state index contributed by atoms with van der Waals surface area (Å²) in [6, 6.07) is 4.00. The third kappa shape index (κ3) is 3.07. The monoisotopic (exact) mass is 256 g/mol. The molecule has 1 aliphatic heterocycles. The number of nitrogens with zero attached hydrogens (tertiary/aromatic N) is 2. The van der Waals surface area contributed by atoms with Gasteiger partial charge in [0, 0.05) is 19.2 Å². The van der Waals surface area contributed by atoms with Crippen LogP contribution >= 0.6 is 11.6 Å². The van der Waals surface area contributed by atoms with Gasteiger partial charge in [-0.3, -0.25) is 4.90 Å². The number of nitrogens with two attached hydrogens (primary N) is 1. The summed E-state index contributed by atoms with van der Waals surface area (Å²) in [7, 11) is 2.06.